The third-order valence-corrected chi connectivity index (χ3v) is 1.94. The Bertz CT molecular complexity index is 240. The van der Waals surface area contributed by atoms with Crippen LogP contribution in [0.4, 0.5) is 4.79 Å². The van der Waals surface area contributed by atoms with Crippen molar-refractivity contribution in [3.05, 3.63) is 12.7 Å². The van der Waals surface area contributed by atoms with Crippen LogP contribution in [0.25, 0.3) is 0 Å². The van der Waals surface area contributed by atoms with Crippen LogP contribution in [-0.2, 0) is 9.53 Å². The summed E-state index contributed by atoms with van der Waals surface area (Å²) in [6, 6.07) is 0. The summed E-state index contributed by atoms with van der Waals surface area (Å²) >= 11 is 0. The van der Waals surface area contributed by atoms with E-state index in [4.69, 9.17) is 9.84 Å². The number of carbonyl (C=O) groups excluding carboxylic acids is 1. The molecule has 0 aliphatic carbocycles. The first-order valence-corrected chi connectivity index (χ1v) is 5.36. The number of hydrogen-bond acceptors (Lipinski definition) is 3. The molecule has 0 saturated heterocycles. The number of rotatable bonds is 8. The van der Waals surface area contributed by atoms with Gasteiger partial charge in [0.25, 0.3) is 0 Å². The van der Waals surface area contributed by atoms with E-state index in [9.17, 15) is 9.59 Å². The first-order valence-electron chi connectivity index (χ1n) is 5.36. The maximum absolute atomic E-state index is 11.4. The Hall–Kier alpha value is -1.52. The van der Waals surface area contributed by atoms with Gasteiger partial charge in [0.1, 0.15) is 13.2 Å². The van der Waals surface area contributed by atoms with E-state index in [1.54, 1.807) is 0 Å². The highest BCUT2D eigenvalue weighted by Gasteiger charge is 2.16. The summed E-state index contributed by atoms with van der Waals surface area (Å²) in [4.78, 5) is 23.2. The van der Waals surface area contributed by atoms with Crippen LogP contribution in [0.3, 0.4) is 0 Å². The largest absolute Gasteiger partial charge is 0.480 e. The van der Waals surface area contributed by atoms with Crippen molar-refractivity contribution < 1.29 is 19.4 Å². The lowest BCUT2D eigenvalue weighted by molar-refractivity contribution is -0.138. The van der Waals surface area contributed by atoms with E-state index in [1.165, 1.54) is 11.0 Å². The maximum Gasteiger partial charge on any atom is 0.410 e. The van der Waals surface area contributed by atoms with Crippen molar-refractivity contribution in [3.63, 3.8) is 0 Å². The Kier molecular flexibility index (Phi) is 7.93. The van der Waals surface area contributed by atoms with E-state index in [1.807, 2.05) is 6.92 Å². The molecule has 0 heterocycles. The molecular formula is C11H19NO4. The summed E-state index contributed by atoms with van der Waals surface area (Å²) < 4.78 is 4.79. The fourth-order valence-electron chi connectivity index (χ4n) is 1.17. The predicted octanol–water partition coefficient (Wildman–Crippen LogP) is 1.89. The molecule has 0 spiro atoms. The number of carbonyl (C=O) groups is 2. The average Bonchev–Trinajstić information content (AvgIpc) is 2.24. The third kappa shape index (κ3) is 6.86. The van der Waals surface area contributed by atoms with E-state index in [0.29, 0.717) is 6.54 Å². The number of aliphatic carboxylic acids is 1. The van der Waals surface area contributed by atoms with Gasteiger partial charge in [-0.15, -0.1) is 0 Å². The highest BCUT2D eigenvalue weighted by molar-refractivity contribution is 5.76. The normalized spacial score (nSPS) is 9.56. The van der Waals surface area contributed by atoms with E-state index < -0.39 is 12.1 Å². The molecule has 0 bridgehead atoms. The summed E-state index contributed by atoms with van der Waals surface area (Å²) in [5.41, 5.74) is 0. The van der Waals surface area contributed by atoms with Gasteiger partial charge in [-0.1, -0.05) is 32.4 Å². The molecular weight excluding hydrogens is 210 g/mol. The molecule has 1 N–H and O–H groups in total. The van der Waals surface area contributed by atoms with Gasteiger partial charge in [0.2, 0.25) is 0 Å². The number of carboxylic acids is 1. The van der Waals surface area contributed by atoms with E-state index in [2.05, 4.69) is 6.58 Å². The van der Waals surface area contributed by atoms with Crippen molar-refractivity contribution in [3.8, 4) is 0 Å². The highest BCUT2D eigenvalue weighted by atomic mass is 16.6. The minimum atomic E-state index is -1.04. The van der Waals surface area contributed by atoms with Gasteiger partial charge in [-0.25, -0.2) is 4.79 Å². The molecule has 0 fully saturated rings. The van der Waals surface area contributed by atoms with Crippen molar-refractivity contribution in [1.82, 2.24) is 4.90 Å². The molecule has 16 heavy (non-hydrogen) atoms. The second-order valence-corrected chi connectivity index (χ2v) is 3.39. The minimum absolute atomic E-state index is 0.0999. The summed E-state index contributed by atoms with van der Waals surface area (Å²) in [5.74, 6) is -1.04. The fraction of sp³-hybridized carbons (Fsp3) is 0.636. The first kappa shape index (κ1) is 14.5. The maximum atomic E-state index is 11.4. The van der Waals surface area contributed by atoms with Crippen molar-refractivity contribution in [2.24, 2.45) is 0 Å². The third-order valence-electron chi connectivity index (χ3n) is 1.94. The minimum Gasteiger partial charge on any atom is -0.480 e. The van der Waals surface area contributed by atoms with Gasteiger partial charge in [0.05, 0.1) is 0 Å². The number of carboxylic acid groups (broad SMARTS) is 1. The van der Waals surface area contributed by atoms with Gasteiger partial charge in [-0.3, -0.25) is 9.69 Å². The first-order chi connectivity index (χ1) is 7.61. The molecule has 5 heteroatoms. The molecule has 0 aliphatic heterocycles. The SMILES string of the molecule is C=CCOC(=O)N(CCCCC)CC(=O)O. The molecule has 92 valence electrons. The monoisotopic (exact) mass is 229 g/mol. The molecule has 0 radical (unpaired) electrons. The topological polar surface area (TPSA) is 66.8 Å². The van der Waals surface area contributed by atoms with Crippen molar-refractivity contribution in [1.29, 1.82) is 0 Å². The molecule has 0 aromatic rings. The molecule has 1 amide bonds. The van der Waals surface area contributed by atoms with Crippen LogP contribution >= 0.6 is 0 Å². The lowest BCUT2D eigenvalue weighted by atomic mass is 10.2. The fourth-order valence-corrected chi connectivity index (χ4v) is 1.17. The van der Waals surface area contributed by atoms with Gasteiger partial charge in [-0.2, -0.15) is 0 Å². The highest BCUT2D eigenvalue weighted by Crippen LogP contribution is 2.01. The molecule has 0 saturated carbocycles. The smallest absolute Gasteiger partial charge is 0.410 e. The zero-order valence-corrected chi connectivity index (χ0v) is 9.65. The second-order valence-electron chi connectivity index (χ2n) is 3.39. The Morgan fingerprint density at radius 1 is 1.44 bits per heavy atom. The molecule has 0 aromatic heterocycles. The van der Waals surface area contributed by atoms with Crippen LogP contribution in [0, 0.1) is 0 Å². The zero-order valence-electron chi connectivity index (χ0n) is 9.65. The van der Waals surface area contributed by atoms with Crippen LogP contribution in [0.15, 0.2) is 12.7 Å². The Morgan fingerprint density at radius 2 is 2.12 bits per heavy atom. The van der Waals surface area contributed by atoms with Gasteiger partial charge >= 0.3 is 12.1 Å². The summed E-state index contributed by atoms with van der Waals surface area (Å²) in [7, 11) is 0. The molecule has 0 aliphatic rings. The van der Waals surface area contributed by atoms with Crippen LogP contribution in [0.5, 0.6) is 0 Å². The zero-order chi connectivity index (χ0) is 12.4. The summed E-state index contributed by atoms with van der Waals surface area (Å²) in [6.45, 7) is 5.65. The molecule has 0 atom stereocenters. The van der Waals surface area contributed by atoms with E-state index in [0.717, 1.165) is 19.3 Å². The predicted molar refractivity (Wildman–Crippen MR) is 60.3 cm³/mol. The van der Waals surface area contributed by atoms with Crippen molar-refractivity contribution in [2.75, 3.05) is 19.7 Å². The van der Waals surface area contributed by atoms with Crippen LogP contribution in [0.1, 0.15) is 26.2 Å². The molecule has 5 nitrogen and oxygen atoms in total. The summed E-state index contributed by atoms with van der Waals surface area (Å²) in [6.07, 6.45) is 3.61. The number of nitrogens with zero attached hydrogens (tertiary/aromatic N) is 1. The molecule has 0 unspecified atom stereocenters. The van der Waals surface area contributed by atoms with Crippen LogP contribution in [0.2, 0.25) is 0 Å². The molecule has 0 aromatic carbocycles. The second kappa shape index (κ2) is 8.76. The lowest BCUT2D eigenvalue weighted by Gasteiger charge is -2.19. The van der Waals surface area contributed by atoms with Gasteiger partial charge < -0.3 is 9.84 Å². The lowest BCUT2D eigenvalue weighted by Crippen LogP contribution is -2.36. The number of amides is 1. The van der Waals surface area contributed by atoms with E-state index >= 15 is 0 Å². The quantitative estimate of drug-likeness (QED) is 0.510. The van der Waals surface area contributed by atoms with Crippen molar-refractivity contribution in [2.45, 2.75) is 26.2 Å². The Balaban J connectivity index is 4.11. The Labute approximate surface area is 95.7 Å². The standard InChI is InChI=1S/C11H19NO4/c1-3-5-6-7-12(9-10(13)14)11(15)16-8-4-2/h4H,2-3,5-9H2,1H3,(H,13,14). The van der Waals surface area contributed by atoms with Crippen molar-refractivity contribution >= 4 is 12.1 Å². The summed E-state index contributed by atoms with van der Waals surface area (Å²) in [5, 5.41) is 8.65. The molecule has 0 rings (SSSR count). The average molecular weight is 229 g/mol. The van der Waals surface area contributed by atoms with E-state index in [-0.39, 0.29) is 13.2 Å². The van der Waals surface area contributed by atoms with Crippen LogP contribution in [-0.4, -0.2) is 41.8 Å². The van der Waals surface area contributed by atoms with Crippen LogP contribution < -0.4 is 0 Å². The van der Waals surface area contributed by atoms with Gasteiger partial charge in [0.15, 0.2) is 0 Å². The number of ether oxygens (including phenoxy) is 1. The van der Waals surface area contributed by atoms with Gasteiger partial charge in [-0.05, 0) is 6.42 Å². The Morgan fingerprint density at radius 3 is 2.62 bits per heavy atom. The number of unbranched alkanes of at least 4 members (excludes halogenated alkanes) is 2. The number of hydrogen-bond donors (Lipinski definition) is 1. The van der Waals surface area contributed by atoms with Gasteiger partial charge in [0, 0.05) is 6.54 Å².